The number of aliphatic hydroxyl groups excluding tert-OH is 1. The van der Waals surface area contributed by atoms with Gasteiger partial charge in [-0.25, -0.2) is 23.2 Å². The third-order valence-electron chi connectivity index (χ3n) is 8.45. The molecular weight excluding hydrogens is 746 g/mol. The highest BCUT2D eigenvalue weighted by Gasteiger charge is 2.45. The Bertz CT molecular complexity index is 1510. The van der Waals surface area contributed by atoms with Crippen LogP contribution < -0.4 is 16.0 Å². The van der Waals surface area contributed by atoms with Crippen molar-refractivity contribution in [2.75, 3.05) is 20.1 Å². The Morgan fingerprint density at radius 2 is 1.46 bits per heavy atom. The fraction of sp³-hybridized carbons (Fsp3) is 0.700. The van der Waals surface area contributed by atoms with Crippen LogP contribution in [0.2, 0.25) is 0 Å². The van der Waals surface area contributed by atoms with Crippen LogP contribution in [0, 0.1) is 0 Å². The number of halogens is 2. The summed E-state index contributed by atoms with van der Waals surface area (Å²) in [5.74, 6) is -5.15. The maximum absolute atomic E-state index is 15.2. The molecule has 2 rings (SSSR count). The van der Waals surface area contributed by atoms with E-state index >= 15 is 8.78 Å². The summed E-state index contributed by atoms with van der Waals surface area (Å²) in [5, 5.41) is 18.3. The molecule has 2 unspecified atom stereocenters. The van der Waals surface area contributed by atoms with Gasteiger partial charge < -0.3 is 29.5 Å². The number of rotatable bonds is 14. The summed E-state index contributed by atoms with van der Waals surface area (Å²) in [6.45, 7) is 16.5. The molecule has 0 aromatic heterocycles. The van der Waals surface area contributed by atoms with Crippen LogP contribution in [0.5, 0.6) is 0 Å². The van der Waals surface area contributed by atoms with Crippen LogP contribution in [-0.2, 0) is 30.2 Å². The van der Waals surface area contributed by atoms with E-state index in [0.29, 0.717) is 6.42 Å². The van der Waals surface area contributed by atoms with Gasteiger partial charge in [-0.15, -0.1) is 0 Å². The number of guanidine groups is 1. The third kappa shape index (κ3) is 17.2. The topological polar surface area (TPSA) is 188 Å². The zero-order valence-corrected chi connectivity index (χ0v) is 35.4. The van der Waals surface area contributed by atoms with Crippen LogP contribution in [0.25, 0.3) is 0 Å². The summed E-state index contributed by atoms with van der Waals surface area (Å²) in [6.07, 6.45) is -4.85. The fourth-order valence-electron chi connectivity index (χ4n) is 5.96. The smallest absolute Gasteiger partial charge is 0.414 e. The van der Waals surface area contributed by atoms with E-state index in [9.17, 15) is 29.1 Å². The lowest BCUT2D eigenvalue weighted by molar-refractivity contribution is -0.146. The van der Waals surface area contributed by atoms with E-state index in [1.807, 2.05) is 18.2 Å². The molecule has 1 aliphatic rings. The van der Waals surface area contributed by atoms with Crippen molar-refractivity contribution in [1.82, 2.24) is 25.8 Å². The fourth-order valence-corrected chi connectivity index (χ4v) is 5.96. The largest absolute Gasteiger partial charge is 0.444 e. The minimum atomic E-state index is -3.57. The average Bonchev–Trinajstić information content (AvgIpc) is 3.56. The van der Waals surface area contributed by atoms with Gasteiger partial charge in [-0.2, -0.15) is 0 Å². The Hall–Kier alpha value is -4.54. The number of likely N-dealkylation sites (tertiary alicyclic amines) is 1. The quantitative estimate of drug-likeness (QED) is 0.0766. The molecule has 0 aliphatic carbocycles. The van der Waals surface area contributed by atoms with Gasteiger partial charge in [0.1, 0.15) is 35.0 Å². The number of nitrogens with zero attached hydrogens (tertiary/aromatic N) is 3. The molecule has 322 valence electrons. The van der Waals surface area contributed by atoms with Gasteiger partial charge >= 0.3 is 18.3 Å². The molecule has 1 saturated heterocycles. The molecule has 57 heavy (non-hydrogen) atoms. The summed E-state index contributed by atoms with van der Waals surface area (Å²) in [7, 11) is 1.45. The van der Waals surface area contributed by atoms with E-state index in [2.05, 4.69) is 20.9 Å². The molecule has 1 aromatic carbocycles. The predicted octanol–water partition coefficient (Wildman–Crippen LogP) is 5.92. The van der Waals surface area contributed by atoms with Crippen LogP contribution in [0.3, 0.4) is 0 Å². The lowest BCUT2D eigenvalue weighted by Crippen LogP contribution is -2.58. The Balaban J connectivity index is 2.34. The molecule has 0 spiro atoms. The molecule has 15 nitrogen and oxygen atoms in total. The minimum absolute atomic E-state index is 0.00680. The first-order valence-electron chi connectivity index (χ1n) is 19.4. The number of amides is 5. The molecular formula is C40H64F2N6O9. The number of aliphatic hydroxyl groups is 1. The van der Waals surface area contributed by atoms with E-state index in [4.69, 9.17) is 14.2 Å². The molecule has 1 aliphatic heterocycles. The number of alkyl carbamates (subject to hydrolysis) is 2. The maximum atomic E-state index is 15.2. The van der Waals surface area contributed by atoms with Crippen molar-refractivity contribution >= 4 is 36.1 Å². The molecule has 4 atom stereocenters. The van der Waals surface area contributed by atoms with E-state index in [-0.39, 0.29) is 51.2 Å². The zero-order chi connectivity index (χ0) is 43.4. The zero-order valence-electron chi connectivity index (χ0n) is 35.4. The number of hydrogen-bond donors (Lipinski definition) is 4. The van der Waals surface area contributed by atoms with Crippen molar-refractivity contribution in [2.24, 2.45) is 4.99 Å². The molecule has 1 fully saturated rings. The number of ether oxygens (including phenoxy) is 3. The van der Waals surface area contributed by atoms with E-state index < -0.39 is 83.5 Å². The first kappa shape index (κ1) is 48.6. The molecule has 1 heterocycles. The van der Waals surface area contributed by atoms with Crippen LogP contribution in [0.1, 0.15) is 113 Å². The van der Waals surface area contributed by atoms with Crippen LogP contribution >= 0.6 is 0 Å². The average molecular weight is 811 g/mol. The summed E-state index contributed by atoms with van der Waals surface area (Å²) >= 11 is 0. The molecule has 4 N–H and O–H groups in total. The number of benzene rings is 1. The van der Waals surface area contributed by atoms with Gasteiger partial charge in [-0.1, -0.05) is 43.7 Å². The number of carbonyl (C=O) groups excluding carboxylic acids is 5. The van der Waals surface area contributed by atoms with Crippen molar-refractivity contribution in [3.05, 3.63) is 35.9 Å². The Morgan fingerprint density at radius 1 is 0.912 bits per heavy atom. The molecule has 0 radical (unpaired) electrons. The molecule has 17 heteroatoms. The predicted molar refractivity (Wildman–Crippen MR) is 211 cm³/mol. The Kier molecular flexibility index (Phi) is 17.7. The monoisotopic (exact) mass is 810 g/mol. The number of carbonyl (C=O) groups is 5. The van der Waals surface area contributed by atoms with Crippen molar-refractivity contribution in [3.8, 4) is 0 Å². The van der Waals surface area contributed by atoms with Gasteiger partial charge in [0.25, 0.3) is 5.92 Å². The van der Waals surface area contributed by atoms with Crippen molar-refractivity contribution < 1.29 is 52.1 Å². The number of alkyl halides is 2. The molecule has 0 saturated carbocycles. The van der Waals surface area contributed by atoms with Crippen molar-refractivity contribution in [1.29, 1.82) is 0 Å². The summed E-state index contributed by atoms with van der Waals surface area (Å²) in [5.41, 5.74) is -1.82. The normalized spacial score (nSPS) is 16.4. The van der Waals surface area contributed by atoms with Gasteiger partial charge in [0.05, 0.1) is 6.04 Å². The highest BCUT2D eigenvalue weighted by Crippen LogP contribution is 2.29. The summed E-state index contributed by atoms with van der Waals surface area (Å²) in [4.78, 5) is 73.1. The van der Waals surface area contributed by atoms with Gasteiger partial charge in [0.2, 0.25) is 17.8 Å². The highest BCUT2D eigenvalue weighted by atomic mass is 19.3. The standard InChI is InChI=1S/C40H64F2N6O9/c1-12-22-40(41,42)30(49)27(20-16-23-43-33(45-34(52)55-37(2,3)4)46-35(53)56-38(5,6)7)44-31(50)28-21-17-24-48(28)32(51)29(25-26-18-14-13-15-19-26)47(11)36(54)57-39(8,9)10/h13-15,18-19,27-30,49H,12,16-17,20-25H2,1-11H3,(H,44,50)(H2,43,45,46,52,53)/t27?,28-,29+,30?/m0/s1. The minimum Gasteiger partial charge on any atom is -0.444 e. The van der Waals surface area contributed by atoms with Crippen molar-refractivity contribution in [2.45, 2.75) is 161 Å². The molecule has 5 amide bonds. The highest BCUT2D eigenvalue weighted by molar-refractivity contribution is 6.01. The maximum Gasteiger partial charge on any atom is 0.414 e. The first-order chi connectivity index (χ1) is 26.2. The van der Waals surface area contributed by atoms with Crippen molar-refractivity contribution in [3.63, 3.8) is 0 Å². The molecule has 1 aromatic rings. The van der Waals surface area contributed by atoms with Gasteiger partial charge in [-0.05, 0) is 93.6 Å². The Morgan fingerprint density at radius 3 is 1.96 bits per heavy atom. The Labute approximate surface area is 335 Å². The third-order valence-corrected chi connectivity index (χ3v) is 8.45. The lowest BCUT2D eigenvalue weighted by Gasteiger charge is -2.35. The number of likely N-dealkylation sites (N-methyl/N-ethyl adjacent to an activating group) is 1. The van der Waals surface area contributed by atoms with Gasteiger partial charge in [0.15, 0.2) is 0 Å². The second-order valence-electron chi connectivity index (χ2n) is 17.2. The second kappa shape index (κ2) is 20.8. The lowest BCUT2D eigenvalue weighted by atomic mass is 9.96. The van der Waals surface area contributed by atoms with E-state index in [0.717, 1.165) is 5.56 Å². The van der Waals surface area contributed by atoms with E-state index in [1.54, 1.807) is 81.4 Å². The summed E-state index contributed by atoms with van der Waals surface area (Å²) < 4.78 is 46.5. The second-order valence-corrected chi connectivity index (χ2v) is 17.2. The first-order valence-corrected chi connectivity index (χ1v) is 19.4. The number of nitrogens with one attached hydrogen (secondary N) is 3. The number of hydrogen-bond acceptors (Lipinski definition) is 10. The summed E-state index contributed by atoms with van der Waals surface area (Å²) in [6, 6.07) is 5.45. The van der Waals surface area contributed by atoms with Gasteiger partial charge in [0, 0.05) is 33.0 Å². The van der Waals surface area contributed by atoms with Gasteiger partial charge in [-0.3, -0.25) is 30.1 Å². The SMILES string of the molecule is CCCC(F)(F)C(O)C(CCCN=C(NC(=O)OC(C)(C)C)NC(=O)OC(C)(C)C)NC(=O)[C@@H]1CCCN1C(=O)[C@@H](Cc1ccccc1)N(C)C(=O)OC(C)(C)C. The number of aliphatic imine (C=N–C) groups is 1. The van der Waals surface area contributed by atoms with Crippen LogP contribution in [-0.4, -0.2) is 118 Å². The molecule has 0 bridgehead atoms. The van der Waals surface area contributed by atoms with Crippen LogP contribution in [0.15, 0.2) is 35.3 Å². The van der Waals surface area contributed by atoms with Crippen LogP contribution in [0.4, 0.5) is 23.2 Å². The van der Waals surface area contributed by atoms with E-state index in [1.165, 1.54) is 16.8 Å².